The summed E-state index contributed by atoms with van der Waals surface area (Å²) in [6, 6.07) is -0.752. The van der Waals surface area contributed by atoms with E-state index in [1.54, 1.807) is 0 Å². The van der Waals surface area contributed by atoms with Gasteiger partial charge in [0.2, 0.25) is 5.91 Å². The number of carbonyl (C=O) groups excluding carboxylic acids is 1. The number of rotatable bonds is 45. The molecular weight excluding hydrogens is 719 g/mol. The Morgan fingerprint density at radius 2 is 0.857 bits per heavy atom. The van der Waals surface area contributed by atoms with E-state index in [1.807, 2.05) is 21.1 Å². The van der Waals surface area contributed by atoms with Crippen molar-refractivity contribution in [3.63, 3.8) is 0 Å². The fourth-order valence-corrected chi connectivity index (χ4v) is 8.20. The van der Waals surface area contributed by atoms with Gasteiger partial charge in [0.25, 0.3) is 0 Å². The van der Waals surface area contributed by atoms with Crippen molar-refractivity contribution < 1.29 is 32.9 Å². The molecule has 0 fully saturated rings. The number of phosphoric ester groups is 1. The van der Waals surface area contributed by atoms with Crippen molar-refractivity contribution in [1.82, 2.24) is 5.32 Å². The van der Waals surface area contributed by atoms with Gasteiger partial charge in [-0.25, -0.2) is 4.57 Å². The van der Waals surface area contributed by atoms with Crippen molar-refractivity contribution in [2.75, 3.05) is 40.9 Å². The second kappa shape index (κ2) is 39.9. The molecule has 0 saturated heterocycles. The molecule has 336 valence electrons. The minimum absolute atomic E-state index is 0.0784. The van der Waals surface area contributed by atoms with Crippen molar-refractivity contribution in [2.24, 2.45) is 0 Å². The molecule has 0 radical (unpaired) electrons. The highest BCUT2D eigenvalue weighted by molar-refractivity contribution is 7.47. The number of nitrogens with zero attached hydrogens (tertiary/aromatic N) is 1. The minimum Gasteiger partial charge on any atom is -0.391 e. The molecule has 0 aliphatic carbocycles. The number of quaternary nitrogens is 1. The van der Waals surface area contributed by atoms with Crippen molar-refractivity contribution in [2.45, 2.75) is 257 Å². The Bertz CT molecular complexity index is 885. The lowest BCUT2D eigenvalue weighted by atomic mass is 10.0. The highest BCUT2D eigenvalue weighted by Crippen LogP contribution is 2.43. The molecule has 3 unspecified atom stereocenters. The summed E-state index contributed by atoms with van der Waals surface area (Å²) in [4.78, 5) is 23.1. The van der Waals surface area contributed by atoms with E-state index in [2.05, 4.69) is 19.2 Å². The van der Waals surface area contributed by atoms with Gasteiger partial charge in [0.15, 0.2) is 0 Å². The lowest BCUT2D eigenvalue weighted by Crippen LogP contribution is -2.46. The van der Waals surface area contributed by atoms with Gasteiger partial charge in [-0.15, -0.1) is 0 Å². The molecule has 1 amide bonds. The van der Waals surface area contributed by atoms with Crippen LogP contribution in [0.3, 0.4) is 0 Å². The maximum absolute atomic E-state index is 12.8. The lowest BCUT2D eigenvalue weighted by molar-refractivity contribution is -0.870. The van der Waals surface area contributed by atoms with Crippen LogP contribution in [0.15, 0.2) is 0 Å². The van der Waals surface area contributed by atoms with Crippen LogP contribution < -0.4 is 5.32 Å². The van der Waals surface area contributed by atoms with Crippen molar-refractivity contribution >= 4 is 13.7 Å². The molecule has 56 heavy (non-hydrogen) atoms. The highest BCUT2D eigenvalue weighted by atomic mass is 31.2. The fourth-order valence-electron chi connectivity index (χ4n) is 7.46. The SMILES string of the molecule is CCCCCCCCCCCCCCCCCCCCCCCCCCCC(O)C(COP(=O)(O)OCC[N+](C)(C)C)NC(=O)CCCCCCCCCCC. The van der Waals surface area contributed by atoms with E-state index in [0.717, 1.165) is 38.5 Å². The summed E-state index contributed by atoms with van der Waals surface area (Å²) in [7, 11) is 1.63. The summed E-state index contributed by atoms with van der Waals surface area (Å²) in [5.74, 6) is -0.144. The second-order valence-corrected chi connectivity index (χ2v) is 19.7. The van der Waals surface area contributed by atoms with Gasteiger partial charge in [-0.1, -0.05) is 226 Å². The molecule has 0 heterocycles. The van der Waals surface area contributed by atoms with Gasteiger partial charge in [-0.2, -0.15) is 0 Å². The monoisotopic (exact) mass is 818 g/mol. The van der Waals surface area contributed by atoms with Gasteiger partial charge < -0.3 is 19.8 Å². The van der Waals surface area contributed by atoms with Crippen molar-refractivity contribution in [1.29, 1.82) is 0 Å². The number of aliphatic hydroxyl groups excluding tert-OH is 1. The van der Waals surface area contributed by atoms with Crippen molar-refractivity contribution in [3.05, 3.63) is 0 Å². The van der Waals surface area contributed by atoms with Gasteiger partial charge >= 0.3 is 7.82 Å². The first-order valence-corrected chi connectivity index (χ1v) is 25.9. The number of likely N-dealkylation sites (N-methyl/N-ethyl adjacent to an activating group) is 1. The largest absolute Gasteiger partial charge is 0.472 e. The Morgan fingerprint density at radius 3 is 1.20 bits per heavy atom. The van der Waals surface area contributed by atoms with Crippen LogP contribution in [0.25, 0.3) is 0 Å². The first kappa shape index (κ1) is 55.5. The van der Waals surface area contributed by atoms with Gasteiger partial charge in [-0.05, 0) is 12.8 Å². The quantitative estimate of drug-likeness (QED) is 0.0321. The van der Waals surface area contributed by atoms with E-state index >= 15 is 0 Å². The third kappa shape index (κ3) is 41.7. The molecule has 3 N–H and O–H groups in total. The molecule has 0 aliphatic rings. The first-order chi connectivity index (χ1) is 27.0. The highest BCUT2D eigenvalue weighted by Gasteiger charge is 2.28. The number of aliphatic hydroxyl groups is 1. The van der Waals surface area contributed by atoms with Gasteiger partial charge in [-0.3, -0.25) is 13.8 Å². The maximum atomic E-state index is 12.8. The Kier molecular flexibility index (Phi) is 39.6. The van der Waals surface area contributed by atoms with E-state index in [1.165, 1.54) is 180 Å². The summed E-state index contributed by atoms with van der Waals surface area (Å²) < 4.78 is 23.6. The standard InChI is InChI=1S/C47H97N2O6P/c1-6-8-10-12-14-16-17-18-19-20-21-22-23-24-25-26-27-28-29-30-31-33-34-36-38-40-46(50)45(44-55-56(52,53)54-43-42-49(3,4)5)48-47(51)41-39-37-35-32-15-13-11-9-7-2/h45-46,50H,6-44H2,1-5H3,(H-,48,51,52,53)/p+1. The number of unbranched alkanes of at least 4 members (excludes halogenated alkanes) is 32. The molecule has 9 heteroatoms. The molecule has 0 bridgehead atoms. The zero-order valence-corrected chi connectivity index (χ0v) is 39.0. The van der Waals surface area contributed by atoms with Crippen LogP contribution >= 0.6 is 7.82 Å². The third-order valence-electron chi connectivity index (χ3n) is 11.4. The molecule has 3 atom stereocenters. The van der Waals surface area contributed by atoms with Gasteiger partial charge in [0.05, 0.1) is 39.9 Å². The molecule has 8 nitrogen and oxygen atoms in total. The van der Waals surface area contributed by atoms with E-state index in [9.17, 15) is 19.4 Å². The van der Waals surface area contributed by atoms with Crippen LogP contribution in [0.1, 0.15) is 245 Å². The normalized spacial score (nSPS) is 14.2. The Balaban J connectivity index is 4.08. The average Bonchev–Trinajstić information content (AvgIpc) is 3.15. The number of amides is 1. The first-order valence-electron chi connectivity index (χ1n) is 24.4. The predicted molar refractivity (Wildman–Crippen MR) is 240 cm³/mol. The number of hydrogen-bond acceptors (Lipinski definition) is 5. The van der Waals surface area contributed by atoms with Crippen LogP contribution in [0.5, 0.6) is 0 Å². The fraction of sp³-hybridized carbons (Fsp3) is 0.979. The van der Waals surface area contributed by atoms with Gasteiger partial charge in [0.1, 0.15) is 13.2 Å². The predicted octanol–water partition coefficient (Wildman–Crippen LogP) is 13.8. The van der Waals surface area contributed by atoms with Gasteiger partial charge in [0, 0.05) is 6.42 Å². The van der Waals surface area contributed by atoms with Crippen LogP contribution in [-0.4, -0.2) is 73.4 Å². The molecule has 0 spiro atoms. The molecule has 0 rings (SSSR count). The van der Waals surface area contributed by atoms with Crippen molar-refractivity contribution in [3.8, 4) is 0 Å². The molecule has 0 aromatic heterocycles. The number of carbonyl (C=O) groups is 1. The van der Waals surface area contributed by atoms with Crippen LogP contribution in [0.2, 0.25) is 0 Å². The van der Waals surface area contributed by atoms with E-state index in [0.29, 0.717) is 23.9 Å². The average molecular weight is 818 g/mol. The lowest BCUT2D eigenvalue weighted by Gasteiger charge is -2.26. The Hall–Kier alpha value is -0.500. The Labute approximate surface area is 349 Å². The van der Waals surface area contributed by atoms with Crippen LogP contribution in [0, 0.1) is 0 Å². The smallest absolute Gasteiger partial charge is 0.391 e. The van der Waals surface area contributed by atoms with Crippen LogP contribution in [-0.2, 0) is 18.4 Å². The minimum atomic E-state index is -4.30. The summed E-state index contributed by atoms with van der Waals surface area (Å²) in [6.07, 6.45) is 44.4. The molecule has 0 aliphatic heterocycles. The van der Waals surface area contributed by atoms with E-state index < -0.39 is 20.0 Å². The molecule has 0 saturated carbocycles. The summed E-state index contributed by atoms with van der Waals surface area (Å²) in [5.41, 5.74) is 0. The zero-order chi connectivity index (χ0) is 41.4. The summed E-state index contributed by atoms with van der Waals surface area (Å²) in [6.45, 7) is 4.89. The second-order valence-electron chi connectivity index (χ2n) is 18.2. The molecular formula is C47H98N2O6P+. The van der Waals surface area contributed by atoms with Crippen LogP contribution in [0.4, 0.5) is 0 Å². The summed E-state index contributed by atoms with van der Waals surface area (Å²) >= 11 is 0. The topological polar surface area (TPSA) is 105 Å². The molecule has 0 aromatic rings. The number of phosphoric acid groups is 1. The Morgan fingerprint density at radius 1 is 0.536 bits per heavy atom. The number of nitrogens with one attached hydrogen (secondary N) is 1. The maximum Gasteiger partial charge on any atom is 0.472 e. The third-order valence-corrected chi connectivity index (χ3v) is 12.3. The number of hydrogen-bond donors (Lipinski definition) is 3. The van der Waals surface area contributed by atoms with E-state index in [4.69, 9.17) is 9.05 Å². The molecule has 0 aromatic carbocycles. The van der Waals surface area contributed by atoms with E-state index in [-0.39, 0.29) is 19.1 Å². The zero-order valence-electron chi connectivity index (χ0n) is 38.2. The summed E-state index contributed by atoms with van der Waals surface area (Å²) in [5, 5.41) is 14.0.